The smallest absolute Gasteiger partial charge is 0.238 e. The first-order chi connectivity index (χ1) is 15.0. The molecule has 0 saturated heterocycles. The lowest BCUT2D eigenvalue weighted by atomic mass is 9.90. The molecule has 2 N–H and O–H groups in total. The first-order valence-corrected chi connectivity index (χ1v) is 12.2. The number of nitrogens with two attached hydrogens (primary N) is 1. The van der Waals surface area contributed by atoms with Crippen LogP contribution >= 0.6 is 11.3 Å². The van der Waals surface area contributed by atoms with Gasteiger partial charge in [0.1, 0.15) is 6.10 Å². The summed E-state index contributed by atoms with van der Waals surface area (Å²) in [4.78, 5) is 5.65. The molecule has 0 spiro atoms. The Labute approximate surface area is 184 Å². The number of fused-ring (bicyclic) bond motifs is 2. The van der Waals surface area contributed by atoms with Crippen LogP contribution in [0.4, 0.5) is 0 Å². The molecule has 2 aromatic heterocycles. The highest BCUT2D eigenvalue weighted by atomic mass is 32.2. The van der Waals surface area contributed by atoms with E-state index in [2.05, 4.69) is 29.2 Å². The fourth-order valence-electron chi connectivity index (χ4n) is 3.88. The van der Waals surface area contributed by atoms with Crippen molar-refractivity contribution in [3.63, 3.8) is 0 Å². The second-order valence-corrected chi connectivity index (χ2v) is 10.0. The lowest BCUT2D eigenvalue weighted by Crippen LogP contribution is -2.26. The van der Waals surface area contributed by atoms with Gasteiger partial charge >= 0.3 is 0 Å². The second kappa shape index (κ2) is 7.96. The zero-order valence-corrected chi connectivity index (χ0v) is 18.1. The maximum absolute atomic E-state index is 11.7. The molecular formula is C23H20N2O4S2. The van der Waals surface area contributed by atoms with Crippen LogP contribution in [0.2, 0.25) is 0 Å². The summed E-state index contributed by atoms with van der Waals surface area (Å²) in [6.07, 6.45) is 2.24. The van der Waals surface area contributed by atoms with E-state index in [1.165, 1.54) is 12.1 Å². The first-order valence-electron chi connectivity index (χ1n) is 9.85. The second-order valence-electron chi connectivity index (χ2n) is 7.37. The number of ether oxygens (including phenoxy) is 2. The van der Waals surface area contributed by atoms with E-state index in [1.54, 1.807) is 23.6 Å². The summed E-state index contributed by atoms with van der Waals surface area (Å²) in [7, 11) is -3.82. The highest BCUT2D eigenvalue weighted by Gasteiger charge is 2.31. The molecule has 31 heavy (non-hydrogen) atoms. The molecule has 0 radical (unpaired) electrons. The van der Waals surface area contributed by atoms with E-state index < -0.39 is 10.0 Å². The van der Waals surface area contributed by atoms with Crippen molar-refractivity contribution in [2.75, 3.05) is 6.61 Å². The highest BCUT2D eigenvalue weighted by molar-refractivity contribution is 7.89. The summed E-state index contributed by atoms with van der Waals surface area (Å²) in [5.74, 6) is 0.877. The Morgan fingerprint density at radius 2 is 1.87 bits per heavy atom. The van der Waals surface area contributed by atoms with E-state index in [0.717, 1.165) is 20.7 Å². The molecule has 158 valence electrons. The van der Waals surface area contributed by atoms with Gasteiger partial charge in [0.25, 0.3) is 0 Å². The molecule has 1 aliphatic heterocycles. The van der Waals surface area contributed by atoms with Crippen molar-refractivity contribution in [3.8, 4) is 11.5 Å². The van der Waals surface area contributed by atoms with Gasteiger partial charge in [-0.05, 0) is 35.9 Å². The minimum atomic E-state index is -3.82. The van der Waals surface area contributed by atoms with Gasteiger partial charge in [0.2, 0.25) is 10.0 Å². The number of primary sulfonamides is 1. The number of rotatable bonds is 4. The number of hydrogen-bond acceptors (Lipinski definition) is 6. The Kier molecular flexibility index (Phi) is 5.13. The average Bonchev–Trinajstić information content (AvgIpc) is 3.06. The summed E-state index contributed by atoms with van der Waals surface area (Å²) in [5.41, 5.74) is 2.11. The number of aromatic nitrogens is 1. The van der Waals surface area contributed by atoms with Gasteiger partial charge < -0.3 is 9.47 Å². The summed E-state index contributed by atoms with van der Waals surface area (Å²) in [6.45, 7) is 0.401. The molecule has 3 heterocycles. The molecule has 4 aromatic rings. The van der Waals surface area contributed by atoms with Gasteiger partial charge in [-0.15, -0.1) is 11.3 Å². The summed E-state index contributed by atoms with van der Waals surface area (Å²) in [5, 5.41) is 5.26. The molecule has 1 unspecified atom stereocenters. The molecule has 0 amide bonds. The van der Waals surface area contributed by atoms with Gasteiger partial charge in [0, 0.05) is 23.6 Å². The summed E-state index contributed by atoms with van der Waals surface area (Å²) < 4.78 is 36.8. The Morgan fingerprint density at radius 1 is 1.03 bits per heavy atom. The normalized spacial score (nSPS) is 17.3. The zero-order chi connectivity index (χ0) is 21.4. The number of pyridine rings is 1. The number of nitrogens with zero attached hydrogens (tertiary/aromatic N) is 1. The maximum Gasteiger partial charge on any atom is 0.238 e. The van der Waals surface area contributed by atoms with Crippen molar-refractivity contribution in [2.24, 2.45) is 5.14 Å². The Hall–Kier alpha value is -2.94. The van der Waals surface area contributed by atoms with Crippen LogP contribution in [0.1, 0.15) is 22.8 Å². The molecular weight excluding hydrogens is 432 g/mol. The Balaban J connectivity index is 1.57. The fourth-order valence-corrected chi connectivity index (χ4v) is 5.61. The zero-order valence-electron chi connectivity index (χ0n) is 16.5. The van der Waals surface area contributed by atoms with E-state index in [-0.39, 0.29) is 16.9 Å². The molecule has 0 fully saturated rings. The maximum atomic E-state index is 11.7. The number of thiophene rings is 1. The van der Waals surface area contributed by atoms with Crippen LogP contribution in [0.3, 0.4) is 0 Å². The fraction of sp³-hybridized carbons (Fsp3) is 0.174. The van der Waals surface area contributed by atoms with Crippen molar-refractivity contribution < 1.29 is 17.9 Å². The standard InChI is InChI=1S/C23H20N2O4S2/c24-31(26,27)16-8-9-18-20(13-16)28-12-10-19(29-18)23(15-5-2-1-3-6-15)22-14-17-21(30-22)7-4-11-25-17/h1-9,11,13-14,19,23H,10,12H2,(H2,24,26,27)/t19?,23-/m1/s1. The average molecular weight is 453 g/mol. The Morgan fingerprint density at radius 3 is 2.65 bits per heavy atom. The SMILES string of the molecule is NS(=O)(=O)c1ccc2c(c1)OCCC([C@@H](c1ccccc1)c1cc3ncccc3s1)O2. The van der Waals surface area contributed by atoms with E-state index in [9.17, 15) is 8.42 Å². The summed E-state index contributed by atoms with van der Waals surface area (Å²) >= 11 is 1.71. The van der Waals surface area contributed by atoms with E-state index in [1.807, 2.05) is 24.3 Å². The van der Waals surface area contributed by atoms with Crippen LogP contribution in [-0.4, -0.2) is 26.1 Å². The van der Waals surface area contributed by atoms with Crippen LogP contribution in [0, 0.1) is 0 Å². The van der Waals surface area contributed by atoms with Gasteiger partial charge in [-0.25, -0.2) is 13.6 Å². The van der Waals surface area contributed by atoms with Crippen molar-refractivity contribution in [3.05, 3.63) is 83.4 Å². The minimum absolute atomic E-state index is 0.00323. The topological polar surface area (TPSA) is 91.5 Å². The van der Waals surface area contributed by atoms with Crippen molar-refractivity contribution >= 4 is 31.6 Å². The van der Waals surface area contributed by atoms with Gasteiger partial charge in [-0.3, -0.25) is 4.98 Å². The van der Waals surface area contributed by atoms with Crippen molar-refractivity contribution in [1.82, 2.24) is 4.98 Å². The number of sulfonamides is 1. The Bertz CT molecular complexity index is 1300. The minimum Gasteiger partial charge on any atom is -0.490 e. The molecule has 2 atom stereocenters. The molecule has 8 heteroatoms. The molecule has 0 bridgehead atoms. The molecule has 0 aliphatic carbocycles. The predicted molar refractivity (Wildman–Crippen MR) is 120 cm³/mol. The van der Waals surface area contributed by atoms with Crippen LogP contribution in [0.25, 0.3) is 10.2 Å². The molecule has 5 rings (SSSR count). The molecule has 1 aliphatic rings. The first kappa shape index (κ1) is 20.0. The number of benzene rings is 2. The predicted octanol–water partition coefficient (Wildman–Crippen LogP) is 4.31. The van der Waals surface area contributed by atoms with Crippen molar-refractivity contribution in [1.29, 1.82) is 0 Å². The van der Waals surface area contributed by atoms with Gasteiger partial charge in [0.15, 0.2) is 11.5 Å². The van der Waals surface area contributed by atoms with Crippen LogP contribution in [-0.2, 0) is 10.0 Å². The lowest BCUT2D eigenvalue weighted by Gasteiger charge is -2.26. The third-order valence-electron chi connectivity index (χ3n) is 5.33. The van der Waals surface area contributed by atoms with Crippen LogP contribution in [0.5, 0.6) is 11.5 Å². The van der Waals surface area contributed by atoms with Crippen molar-refractivity contribution in [2.45, 2.75) is 23.3 Å². The lowest BCUT2D eigenvalue weighted by molar-refractivity contribution is 0.174. The van der Waals surface area contributed by atoms with E-state index >= 15 is 0 Å². The van der Waals surface area contributed by atoms with Crippen LogP contribution < -0.4 is 14.6 Å². The van der Waals surface area contributed by atoms with Gasteiger partial charge in [-0.2, -0.15) is 0 Å². The molecule has 6 nitrogen and oxygen atoms in total. The third kappa shape index (κ3) is 4.01. The third-order valence-corrected chi connectivity index (χ3v) is 7.41. The van der Waals surface area contributed by atoms with Gasteiger partial charge in [-0.1, -0.05) is 30.3 Å². The molecule has 0 saturated carbocycles. The molecule has 2 aromatic carbocycles. The number of hydrogen-bond donors (Lipinski definition) is 1. The van der Waals surface area contributed by atoms with Crippen LogP contribution in [0.15, 0.2) is 77.8 Å². The largest absolute Gasteiger partial charge is 0.490 e. The monoisotopic (exact) mass is 452 g/mol. The summed E-state index contributed by atoms with van der Waals surface area (Å²) in [6, 6.07) is 20.9. The van der Waals surface area contributed by atoms with Gasteiger partial charge in [0.05, 0.1) is 27.6 Å². The highest BCUT2D eigenvalue weighted by Crippen LogP contribution is 2.41. The van der Waals surface area contributed by atoms with E-state index in [0.29, 0.717) is 24.5 Å². The van der Waals surface area contributed by atoms with E-state index in [4.69, 9.17) is 14.6 Å². The quantitative estimate of drug-likeness (QED) is 0.498.